The lowest BCUT2D eigenvalue weighted by molar-refractivity contribution is -0.143. The maximum absolute atomic E-state index is 12.5. The third kappa shape index (κ3) is 62.9. The maximum Gasteiger partial charge on any atom is 0.305 e. The van der Waals surface area contributed by atoms with Gasteiger partial charge in [0, 0.05) is 12.8 Å². The summed E-state index contributed by atoms with van der Waals surface area (Å²) in [5, 5.41) is 23.3. The van der Waals surface area contributed by atoms with E-state index in [4.69, 9.17) is 4.74 Å². The summed E-state index contributed by atoms with van der Waals surface area (Å²) in [6, 6.07) is -0.545. The van der Waals surface area contributed by atoms with Gasteiger partial charge in [-0.25, -0.2) is 0 Å². The topological polar surface area (TPSA) is 95.9 Å². The number of carbonyl (C=O) groups is 2. The fourth-order valence-corrected chi connectivity index (χ4v) is 10.6. The van der Waals surface area contributed by atoms with Crippen molar-refractivity contribution in [1.29, 1.82) is 0 Å². The molecule has 3 N–H and O–H groups in total. The highest BCUT2D eigenvalue weighted by molar-refractivity contribution is 5.76. The average Bonchev–Trinajstić information content (AvgIpc) is 3.43. The number of rotatable bonds is 64. The molecule has 6 heteroatoms. The number of carbonyl (C=O) groups excluding carboxylic acids is 2. The van der Waals surface area contributed by atoms with Crippen LogP contribution in [0.3, 0.4) is 0 Å². The van der Waals surface area contributed by atoms with Crippen LogP contribution >= 0.6 is 0 Å². The summed E-state index contributed by atoms with van der Waals surface area (Å²) in [5.74, 6) is -0.0332. The van der Waals surface area contributed by atoms with Crippen molar-refractivity contribution in [2.24, 2.45) is 0 Å². The molecule has 0 aromatic rings. The number of aliphatic hydroxyl groups is 2. The third-order valence-electron chi connectivity index (χ3n) is 15.9. The van der Waals surface area contributed by atoms with Gasteiger partial charge in [0.2, 0.25) is 5.91 Å². The van der Waals surface area contributed by atoms with E-state index in [2.05, 4.69) is 67.8 Å². The Hall–Kier alpha value is -2.18. The van der Waals surface area contributed by atoms with Gasteiger partial charge in [-0.1, -0.05) is 313 Å². The molecule has 0 fully saturated rings. The lowest BCUT2D eigenvalue weighted by Crippen LogP contribution is -2.45. The number of ether oxygens (including phenoxy) is 1. The summed E-state index contributed by atoms with van der Waals surface area (Å²) in [4.78, 5) is 24.6. The highest BCUT2D eigenvalue weighted by Crippen LogP contribution is 2.18. The van der Waals surface area contributed by atoms with Crippen molar-refractivity contribution in [3.8, 4) is 0 Å². The van der Waals surface area contributed by atoms with Crippen LogP contribution in [0.2, 0.25) is 0 Å². The van der Waals surface area contributed by atoms with Crippen molar-refractivity contribution in [2.75, 3.05) is 13.2 Å². The quantitative estimate of drug-likeness (QED) is 0.0320. The van der Waals surface area contributed by atoms with Crippen LogP contribution < -0.4 is 5.32 Å². The Kier molecular flexibility index (Phi) is 64.5. The number of unbranched alkanes of at least 4 members (excludes halogenated alkanes) is 45. The van der Waals surface area contributed by atoms with Gasteiger partial charge in [-0.15, -0.1) is 0 Å². The van der Waals surface area contributed by atoms with E-state index in [9.17, 15) is 19.8 Å². The molecule has 0 bridgehead atoms. The molecule has 0 aliphatic rings. The molecular formula is C71H133NO5. The average molecular weight is 1080 g/mol. The van der Waals surface area contributed by atoms with Gasteiger partial charge in [0.25, 0.3) is 0 Å². The number of hydrogen-bond donors (Lipinski definition) is 3. The minimum absolute atomic E-state index is 0.00297. The molecule has 452 valence electrons. The van der Waals surface area contributed by atoms with Crippen LogP contribution in [-0.2, 0) is 14.3 Å². The molecule has 77 heavy (non-hydrogen) atoms. The molecule has 0 saturated heterocycles. The molecule has 0 aliphatic carbocycles. The number of amides is 1. The number of nitrogens with one attached hydrogen (secondary N) is 1. The first kappa shape index (κ1) is 74.8. The predicted octanol–water partition coefficient (Wildman–Crippen LogP) is 22.1. The Bertz CT molecular complexity index is 1290. The van der Waals surface area contributed by atoms with Gasteiger partial charge in [0.15, 0.2) is 0 Å². The lowest BCUT2D eigenvalue weighted by atomic mass is 10.0. The number of aliphatic hydroxyl groups excluding tert-OH is 2. The zero-order valence-electron chi connectivity index (χ0n) is 51.7. The number of hydrogen-bond acceptors (Lipinski definition) is 5. The van der Waals surface area contributed by atoms with Crippen molar-refractivity contribution in [3.63, 3.8) is 0 Å². The summed E-state index contributed by atoms with van der Waals surface area (Å²) in [7, 11) is 0. The molecule has 2 atom stereocenters. The Balaban J connectivity index is 3.42. The first-order valence-corrected chi connectivity index (χ1v) is 34.4. The van der Waals surface area contributed by atoms with Crippen molar-refractivity contribution >= 4 is 11.9 Å². The Morgan fingerprint density at radius 1 is 0.364 bits per heavy atom. The van der Waals surface area contributed by atoms with Crippen molar-refractivity contribution in [1.82, 2.24) is 5.32 Å². The second kappa shape index (κ2) is 66.3. The van der Waals surface area contributed by atoms with Crippen LogP contribution in [0.5, 0.6) is 0 Å². The summed E-state index contributed by atoms with van der Waals surface area (Å²) >= 11 is 0. The minimum atomic E-state index is -0.667. The Labute approximate surface area is 480 Å². The molecule has 0 aliphatic heterocycles. The van der Waals surface area contributed by atoms with Gasteiger partial charge in [0.1, 0.15) is 0 Å². The van der Waals surface area contributed by atoms with E-state index in [1.54, 1.807) is 0 Å². The first-order valence-electron chi connectivity index (χ1n) is 34.4. The normalized spacial score (nSPS) is 12.8. The smallest absolute Gasteiger partial charge is 0.305 e. The van der Waals surface area contributed by atoms with E-state index in [0.29, 0.717) is 25.9 Å². The molecule has 2 unspecified atom stereocenters. The molecule has 0 spiro atoms. The van der Waals surface area contributed by atoms with Crippen LogP contribution in [-0.4, -0.2) is 47.4 Å². The maximum atomic E-state index is 12.5. The van der Waals surface area contributed by atoms with Gasteiger partial charge >= 0.3 is 5.97 Å². The molecule has 0 radical (unpaired) electrons. The van der Waals surface area contributed by atoms with Crippen molar-refractivity contribution in [2.45, 2.75) is 379 Å². The molecule has 0 rings (SSSR count). The van der Waals surface area contributed by atoms with Crippen molar-refractivity contribution < 1.29 is 24.5 Å². The fraction of sp³-hybridized carbons (Fsp3) is 0.859. The minimum Gasteiger partial charge on any atom is -0.466 e. The van der Waals surface area contributed by atoms with E-state index in [-0.39, 0.29) is 18.5 Å². The fourth-order valence-electron chi connectivity index (χ4n) is 10.6. The number of esters is 1. The van der Waals surface area contributed by atoms with Gasteiger partial charge in [-0.05, 0) is 89.9 Å². The molecule has 6 nitrogen and oxygen atoms in total. The largest absolute Gasteiger partial charge is 0.466 e. The lowest BCUT2D eigenvalue weighted by Gasteiger charge is -2.22. The highest BCUT2D eigenvalue weighted by Gasteiger charge is 2.20. The van der Waals surface area contributed by atoms with Gasteiger partial charge < -0.3 is 20.3 Å². The summed E-state index contributed by atoms with van der Waals surface area (Å²) in [6.45, 7) is 4.94. The van der Waals surface area contributed by atoms with Crippen LogP contribution in [0.1, 0.15) is 367 Å². The summed E-state index contributed by atoms with van der Waals surface area (Å²) < 4.78 is 5.49. The van der Waals surface area contributed by atoms with E-state index < -0.39 is 12.1 Å². The standard InChI is InChI=1S/C71H133NO5/c1-3-5-7-9-11-13-15-17-19-32-37-41-45-49-53-57-61-65-71(76)77-66-62-58-54-50-46-42-38-34-31-29-27-25-23-21-22-24-26-28-30-33-36-40-44-48-52-56-60-64-70(75)72-68(67-73)69(74)63-59-55-51-47-43-39-35-20-18-16-14-12-10-8-6-4-2/h11,13,17,19,21-22,25,27,68-69,73-74H,3-10,12,14-16,18,20,23-24,26,28-67H2,1-2H3,(H,72,75)/b13-11-,19-17-,22-21-,27-25-. The monoisotopic (exact) mass is 1080 g/mol. The van der Waals surface area contributed by atoms with E-state index >= 15 is 0 Å². The molecule has 0 saturated carbocycles. The van der Waals surface area contributed by atoms with E-state index in [1.165, 1.54) is 276 Å². The summed E-state index contributed by atoms with van der Waals surface area (Å²) in [6.07, 6.45) is 85.7. The summed E-state index contributed by atoms with van der Waals surface area (Å²) in [5.41, 5.74) is 0. The molecule has 0 aromatic carbocycles. The zero-order valence-corrected chi connectivity index (χ0v) is 51.7. The molecular weight excluding hydrogens is 947 g/mol. The predicted molar refractivity (Wildman–Crippen MR) is 338 cm³/mol. The second-order valence-electron chi connectivity index (χ2n) is 23.5. The number of allylic oxidation sites excluding steroid dienone is 8. The molecule has 1 amide bonds. The van der Waals surface area contributed by atoms with E-state index in [0.717, 1.165) is 57.8 Å². The molecule has 0 heterocycles. The van der Waals surface area contributed by atoms with Gasteiger partial charge in [0.05, 0.1) is 25.4 Å². The van der Waals surface area contributed by atoms with Crippen LogP contribution in [0, 0.1) is 0 Å². The van der Waals surface area contributed by atoms with Crippen molar-refractivity contribution in [3.05, 3.63) is 48.6 Å². The molecule has 0 aromatic heterocycles. The van der Waals surface area contributed by atoms with E-state index in [1.807, 2.05) is 0 Å². The Morgan fingerprint density at radius 3 is 1.01 bits per heavy atom. The van der Waals surface area contributed by atoms with Gasteiger partial charge in [-0.2, -0.15) is 0 Å². The van der Waals surface area contributed by atoms with Crippen LogP contribution in [0.15, 0.2) is 48.6 Å². The highest BCUT2D eigenvalue weighted by atomic mass is 16.5. The zero-order chi connectivity index (χ0) is 55.7. The third-order valence-corrected chi connectivity index (χ3v) is 15.9. The first-order chi connectivity index (χ1) is 38.0. The second-order valence-corrected chi connectivity index (χ2v) is 23.5. The Morgan fingerprint density at radius 2 is 0.649 bits per heavy atom. The van der Waals surface area contributed by atoms with Crippen LogP contribution in [0.25, 0.3) is 0 Å². The van der Waals surface area contributed by atoms with Gasteiger partial charge in [-0.3, -0.25) is 9.59 Å². The SMILES string of the molecule is CCCCC/C=C\C/C=C\CCCCCCCCCC(=O)OCCCCCCCCCCC/C=C\C/C=C\CCCCCCCCCCCCCC(=O)NC(CO)C(O)CCCCCCCCCCCCCCCCCC. The van der Waals surface area contributed by atoms with Crippen LogP contribution in [0.4, 0.5) is 0 Å².